The Morgan fingerprint density at radius 3 is 2.73 bits per heavy atom. The standard InChI is InChI=1S/C21H29NO4/c23-12-4-9-18-20(26-13-5-8-17-6-2-1-3-7-17)16-19(24)21(18)22-10-14-25-15-11-22/h1-3,5-8,12,18-21,24H,4,9-11,13-16H2/b8-5+/t18-,19+,20-,21+/m1/s1. The number of ether oxygens (including phenoxy) is 2. The van der Waals surface area contributed by atoms with Gasteiger partial charge in [-0.3, -0.25) is 4.90 Å². The summed E-state index contributed by atoms with van der Waals surface area (Å²) in [5.41, 5.74) is 1.14. The summed E-state index contributed by atoms with van der Waals surface area (Å²) >= 11 is 0. The molecule has 3 rings (SSSR count). The molecule has 0 bridgehead atoms. The number of carbonyl (C=O) groups excluding carboxylic acids is 1. The summed E-state index contributed by atoms with van der Waals surface area (Å²) in [7, 11) is 0. The van der Waals surface area contributed by atoms with Gasteiger partial charge in [0.25, 0.3) is 0 Å². The quantitative estimate of drug-likeness (QED) is 0.721. The fourth-order valence-electron chi connectivity index (χ4n) is 4.18. The molecule has 0 spiro atoms. The second-order valence-corrected chi connectivity index (χ2v) is 7.03. The second kappa shape index (κ2) is 9.97. The number of morpholine rings is 1. The first-order chi connectivity index (χ1) is 12.8. The molecule has 2 aliphatic rings. The average molecular weight is 359 g/mol. The lowest BCUT2D eigenvalue weighted by atomic mass is 9.94. The third-order valence-corrected chi connectivity index (χ3v) is 5.39. The van der Waals surface area contributed by atoms with Crippen LogP contribution in [0.5, 0.6) is 0 Å². The normalized spacial score (nSPS) is 30.0. The van der Waals surface area contributed by atoms with Crippen LogP contribution in [0.25, 0.3) is 6.08 Å². The van der Waals surface area contributed by atoms with E-state index in [4.69, 9.17) is 9.47 Å². The highest BCUT2D eigenvalue weighted by Crippen LogP contribution is 2.36. The Labute approximate surface area is 155 Å². The van der Waals surface area contributed by atoms with Crippen LogP contribution in [0.2, 0.25) is 0 Å². The monoisotopic (exact) mass is 359 g/mol. The Hall–Kier alpha value is -1.53. The van der Waals surface area contributed by atoms with E-state index in [0.717, 1.165) is 31.4 Å². The van der Waals surface area contributed by atoms with Crippen molar-refractivity contribution in [3.8, 4) is 0 Å². The van der Waals surface area contributed by atoms with E-state index in [2.05, 4.69) is 17.0 Å². The van der Waals surface area contributed by atoms with Gasteiger partial charge in [0.2, 0.25) is 0 Å². The zero-order valence-electron chi connectivity index (χ0n) is 15.2. The van der Waals surface area contributed by atoms with E-state index in [-0.39, 0.29) is 18.1 Å². The van der Waals surface area contributed by atoms with Crippen LogP contribution < -0.4 is 0 Å². The van der Waals surface area contributed by atoms with Crippen LogP contribution in [0.4, 0.5) is 0 Å². The van der Waals surface area contributed by atoms with Crippen LogP contribution in [0, 0.1) is 5.92 Å². The molecule has 1 aromatic carbocycles. The lowest BCUT2D eigenvalue weighted by molar-refractivity contribution is -0.108. The minimum absolute atomic E-state index is 0.0155. The van der Waals surface area contributed by atoms with Gasteiger partial charge in [0, 0.05) is 37.9 Å². The highest BCUT2D eigenvalue weighted by Gasteiger charge is 2.45. The second-order valence-electron chi connectivity index (χ2n) is 7.03. The highest BCUT2D eigenvalue weighted by atomic mass is 16.5. The van der Waals surface area contributed by atoms with E-state index in [0.29, 0.717) is 32.7 Å². The molecule has 0 radical (unpaired) electrons. The van der Waals surface area contributed by atoms with Crippen molar-refractivity contribution in [1.29, 1.82) is 0 Å². The van der Waals surface area contributed by atoms with Gasteiger partial charge in [-0.15, -0.1) is 0 Å². The van der Waals surface area contributed by atoms with Crippen molar-refractivity contribution < 1.29 is 19.4 Å². The molecule has 0 amide bonds. The first kappa shape index (κ1) is 19.2. The number of aliphatic hydroxyl groups excluding tert-OH is 1. The van der Waals surface area contributed by atoms with Gasteiger partial charge in [0.05, 0.1) is 32.0 Å². The van der Waals surface area contributed by atoms with Crippen LogP contribution in [0.3, 0.4) is 0 Å². The van der Waals surface area contributed by atoms with Crippen molar-refractivity contribution in [1.82, 2.24) is 4.90 Å². The summed E-state index contributed by atoms with van der Waals surface area (Å²) in [5, 5.41) is 10.6. The zero-order valence-corrected chi connectivity index (χ0v) is 15.2. The summed E-state index contributed by atoms with van der Waals surface area (Å²) in [4.78, 5) is 13.2. The molecular formula is C21H29NO4. The SMILES string of the molecule is O=CCC[C@H]1[C@H](N2CCOCC2)[C@@H](O)C[C@H]1OC/C=C/c1ccccc1. The Bertz CT molecular complexity index is 571. The van der Waals surface area contributed by atoms with Gasteiger partial charge in [0.15, 0.2) is 0 Å². The number of nitrogens with zero attached hydrogens (tertiary/aromatic N) is 1. The maximum atomic E-state index is 10.9. The molecule has 0 unspecified atom stereocenters. The largest absolute Gasteiger partial charge is 0.391 e. The first-order valence-corrected chi connectivity index (χ1v) is 9.56. The number of rotatable bonds is 8. The lowest BCUT2D eigenvalue weighted by Gasteiger charge is -2.37. The van der Waals surface area contributed by atoms with Crippen molar-refractivity contribution >= 4 is 12.4 Å². The Morgan fingerprint density at radius 1 is 1.23 bits per heavy atom. The fourth-order valence-corrected chi connectivity index (χ4v) is 4.18. The molecule has 0 aromatic heterocycles. The summed E-state index contributed by atoms with van der Waals surface area (Å²) in [6, 6.07) is 10.2. The minimum atomic E-state index is -0.409. The van der Waals surface area contributed by atoms with Gasteiger partial charge in [0.1, 0.15) is 6.29 Å². The third kappa shape index (κ3) is 5.01. The Morgan fingerprint density at radius 2 is 2.00 bits per heavy atom. The van der Waals surface area contributed by atoms with Crippen molar-refractivity contribution in [2.45, 2.75) is 37.5 Å². The lowest BCUT2D eigenvalue weighted by Crippen LogP contribution is -2.50. The number of carbonyl (C=O) groups is 1. The molecule has 1 aromatic rings. The molecule has 4 atom stereocenters. The predicted octanol–water partition coefficient (Wildman–Crippen LogP) is 2.15. The van der Waals surface area contributed by atoms with Crippen molar-refractivity contribution in [2.75, 3.05) is 32.9 Å². The zero-order chi connectivity index (χ0) is 18.2. The van der Waals surface area contributed by atoms with E-state index in [1.54, 1.807) is 0 Å². The number of aliphatic hydroxyl groups is 1. The molecule has 1 aliphatic heterocycles. The van der Waals surface area contributed by atoms with Crippen LogP contribution in [-0.4, -0.2) is 67.5 Å². The summed E-state index contributed by atoms with van der Waals surface area (Å²) in [6.45, 7) is 3.59. The predicted molar refractivity (Wildman–Crippen MR) is 101 cm³/mol. The topological polar surface area (TPSA) is 59.0 Å². The van der Waals surface area contributed by atoms with E-state index in [1.165, 1.54) is 0 Å². The molecular weight excluding hydrogens is 330 g/mol. The third-order valence-electron chi connectivity index (χ3n) is 5.39. The molecule has 1 aliphatic carbocycles. The molecule has 1 N–H and O–H groups in total. The summed E-state index contributed by atoms with van der Waals surface area (Å²) in [6.07, 6.45) is 6.50. The number of aldehydes is 1. The van der Waals surface area contributed by atoms with E-state index < -0.39 is 6.10 Å². The van der Waals surface area contributed by atoms with Crippen molar-refractivity contribution in [2.24, 2.45) is 5.92 Å². The Balaban J connectivity index is 1.59. The number of benzene rings is 1. The van der Waals surface area contributed by atoms with Gasteiger partial charge in [-0.1, -0.05) is 42.5 Å². The maximum absolute atomic E-state index is 10.9. The molecule has 26 heavy (non-hydrogen) atoms. The van der Waals surface area contributed by atoms with E-state index >= 15 is 0 Å². The van der Waals surface area contributed by atoms with Crippen molar-refractivity contribution in [3.05, 3.63) is 42.0 Å². The van der Waals surface area contributed by atoms with Gasteiger partial charge in [-0.05, 0) is 12.0 Å². The van der Waals surface area contributed by atoms with E-state index in [1.807, 2.05) is 30.4 Å². The summed E-state index contributed by atoms with van der Waals surface area (Å²) < 4.78 is 11.5. The maximum Gasteiger partial charge on any atom is 0.120 e. The van der Waals surface area contributed by atoms with Crippen LogP contribution in [0.1, 0.15) is 24.8 Å². The molecule has 142 valence electrons. The van der Waals surface area contributed by atoms with Crippen molar-refractivity contribution in [3.63, 3.8) is 0 Å². The smallest absolute Gasteiger partial charge is 0.120 e. The highest BCUT2D eigenvalue weighted by molar-refractivity contribution is 5.49. The van der Waals surface area contributed by atoms with Crippen LogP contribution in [-0.2, 0) is 14.3 Å². The molecule has 1 saturated carbocycles. The first-order valence-electron chi connectivity index (χ1n) is 9.56. The molecule has 1 saturated heterocycles. The minimum Gasteiger partial charge on any atom is -0.391 e. The van der Waals surface area contributed by atoms with Gasteiger partial charge in [-0.25, -0.2) is 0 Å². The fraction of sp³-hybridized carbons (Fsp3) is 0.571. The molecule has 5 nitrogen and oxygen atoms in total. The molecule has 2 fully saturated rings. The Kier molecular flexibility index (Phi) is 7.38. The van der Waals surface area contributed by atoms with Gasteiger partial charge in [-0.2, -0.15) is 0 Å². The molecule has 1 heterocycles. The van der Waals surface area contributed by atoms with Gasteiger partial charge >= 0.3 is 0 Å². The summed E-state index contributed by atoms with van der Waals surface area (Å²) in [5.74, 6) is 0.179. The van der Waals surface area contributed by atoms with Crippen LogP contribution >= 0.6 is 0 Å². The molecule has 5 heteroatoms. The number of hydrogen-bond donors (Lipinski definition) is 1. The number of hydrogen-bond acceptors (Lipinski definition) is 5. The van der Waals surface area contributed by atoms with Crippen LogP contribution in [0.15, 0.2) is 36.4 Å². The van der Waals surface area contributed by atoms with Gasteiger partial charge < -0.3 is 19.4 Å². The van der Waals surface area contributed by atoms with E-state index in [9.17, 15) is 9.90 Å². The average Bonchev–Trinajstić information content (AvgIpc) is 3.00.